The van der Waals surface area contributed by atoms with Crippen molar-refractivity contribution in [2.75, 3.05) is 14.1 Å². The molecule has 0 fully saturated rings. The first-order valence-electron chi connectivity index (χ1n) is 7.95. The summed E-state index contributed by atoms with van der Waals surface area (Å²) < 4.78 is 6.00. The quantitative estimate of drug-likeness (QED) is 0.804. The molecule has 0 aromatic heterocycles. The Morgan fingerprint density at radius 1 is 1.04 bits per heavy atom. The Kier molecular flexibility index (Phi) is 4.62. The number of ether oxygens (including phenoxy) is 1. The molecule has 2 aliphatic rings. The smallest absolute Gasteiger partial charge is 0.328 e. The van der Waals surface area contributed by atoms with Crippen LogP contribution in [0.1, 0.15) is 23.3 Å². The number of nitrogens with zero attached hydrogens (tertiary/aromatic N) is 2. The second-order valence-corrected chi connectivity index (χ2v) is 6.09. The molecule has 0 saturated heterocycles. The maximum atomic E-state index is 9.55. The fourth-order valence-corrected chi connectivity index (χ4v) is 3.11. The van der Waals surface area contributed by atoms with Crippen LogP contribution in [0, 0.1) is 0 Å². The molecular weight excluding hydrogens is 336 g/mol. The molecule has 1 aliphatic heterocycles. The van der Waals surface area contributed by atoms with Crippen molar-refractivity contribution in [2.45, 2.75) is 12.1 Å². The largest absolute Gasteiger partial charge is 0.478 e. The molecular formula is C19H18N2O5. The standard InChI is InChI=1S/C15H14N2O.C4H4O4/c1-17(2)15-16-13-10-7-3-5-9-6-4-8-11(12(9)10)14(13)18-15;5-3(6)1-2-4(7)8/h3-8,13-14H,1-2H3;1-2H,(H,5,6)(H,7,8)/b;2-1-. The van der Waals surface area contributed by atoms with Crippen molar-refractivity contribution in [1.82, 2.24) is 4.90 Å². The van der Waals surface area contributed by atoms with E-state index in [9.17, 15) is 9.59 Å². The maximum Gasteiger partial charge on any atom is 0.328 e. The molecule has 2 aromatic carbocycles. The number of rotatable bonds is 2. The van der Waals surface area contributed by atoms with Gasteiger partial charge in [0.2, 0.25) is 0 Å². The van der Waals surface area contributed by atoms with E-state index >= 15 is 0 Å². The van der Waals surface area contributed by atoms with Crippen LogP contribution in [0.3, 0.4) is 0 Å². The molecule has 0 amide bonds. The van der Waals surface area contributed by atoms with E-state index in [0.29, 0.717) is 12.2 Å². The van der Waals surface area contributed by atoms with Crippen LogP contribution in [0.2, 0.25) is 0 Å². The predicted octanol–water partition coefficient (Wildman–Crippen LogP) is 2.60. The molecule has 7 heteroatoms. The van der Waals surface area contributed by atoms with Crippen molar-refractivity contribution in [2.24, 2.45) is 4.99 Å². The highest BCUT2D eigenvalue weighted by atomic mass is 16.5. The van der Waals surface area contributed by atoms with Gasteiger partial charge < -0.3 is 19.8 Å². The summed E-state index contributed by atoms with van der Waals surface area (Å²) in [5.41, 5.74) is 2.57. The lowest BCUT2D eigenvalue weighted by atomic mass is 10.0. The van der Waals surface area contributed by atoms with Crippen molar-refractivity contribution in [3.63, 3.8) is 0 Å². The highest BCUT2D eigenvalue weighted by Gasteiger charge is 2.41. The average Bonchev–Trinajstić information content (AvgIpc) is 3.15. The number of hydrogen-bond acceptors (Lipinski definition) is 5. The summed E-state index contributed by atoms with van der Waals surface area (Å²) in [6.45, 7) is 0. The molecule has 2 aromatic rings. The van der Waals surface area contributed by atoms with Crippen molar-refractivity contribution in [1.29, 1.82) is 0 Å². The molecule has 2 atom stereocenters. The van der Waals surface area contributed by atoms with Crippen LogP contribution >= 0.6 is 0 Å². The molecule has 0 spiro atoms. The number of benzene rings is 2. The first-order valence-corrected chi connectivity index (χ1v) is 7.95. The zero-order valence-corrected chi connectivity index (χ0v) is 14.3. The predicted molar refractivity (Wildman–Crippen MR) is 96.0 cm³/mol. The molecule has 2 N–H and O–H groups in total. The molecule has 7 nitrogen and oxygen atoms in total. The van der Waals surface area contributed by atoms with Crippen LogP contribution < -0.4 is 0 Å². The Morgan fingerprint density at radius 2 is 1.62 bits per heavy atom. The zero-order chi connectivity index (χ0) is 18.8. The Bertz CT molecular complexity index is 911. The van der Waals surface area contributed by atoms with E-state index < -0.39 is 11.9 Å². The molecule has 134 valence electrons. The minimum absolute atomic E-state index is 0.0588. The minimum Gasteiger partial charge on any atom is -0.478 e. The fourth-order valence-electron chi connectivity index (χ4n) is 3.11. The number of carboxylic acid groups (broad SMARTS) is 2. The number of aliphatic carboxylic acids is 2. The summed E-state index contributed by atoms with van der Waals surface area (Å²) in [6, 6.07) is 13.7. The monoisotopic (exact) mass is 354 g/mol. The van der Waals surface area contributed by atoms with E-state index in [1.165, 1.54) is 21.9 Å². The normalized spacial score (nSPS) is 19.4. The lowest BCUT2D eigenvalue weighted by molar-refractivity contribution is -0.134. The molecule has 1 aliphatic carbocycles. The lowest BCUT2D eigenvalue weighted by Crippen LogP contribution is -2.22. The van der Waals surface area contributed by atoms with Gasteiger partial charge in [-0.05, 0) is 16.3 Å². The number of carboxylic acids is 2. The highest BCUT2D eigenvalue weighted by Crippen LogP contribution is 2.50. The Labute approximate surface area is 149 Å². The van der Waals surface area contributed by atoms with Crippen LogP contribution in [0.4, 0.5) is 0 Å². The summed E-state index contributed by atoms with van der Waals surface area (Å²) in [5, 5.41) is 18.2. The van der Waals surface area contributed by atoms with Gasteiger partial charge in [0.1, 0.15) is 6.04 Å². The van der Waals surface area contributed by atoms with Gasteiger partial charge in [-0.25, -0.2) is 14.6 Å². The molecule has 0 saturated carbocycles. The topological polar surface area (TPSA) is 99.4 Å². The summed E-state index contributed by atoms with van der Waals surface area (Å²) in [6.07, 6.45) is 1.17. The van der Waals surface area contributed by atoms with Gasteiger partial charge in [-0.2, -0.15) is 0 Å². The van der Waals surface area contributed by atoms with Crippen molar-refractivity contribution in [3.8, 4) is 0 Å². The summed E-state index contributed by atoms with van der Waals surface area (Å²) in [4.78, 5) is 25.7. The lowest BCUT2D eigenvalue weighted by Gasteiger charge is -2.15. The average molecular weight is 354 g/mol. The molecule has 26 heavy (non-hydrogen) atoms. The van der Waals surface area contributed by atoms with Gasteiger partial charge in [0.25, 0.3) is 6.02 Å². The number of hydrogen-bond donors (Lipinski definition) is 2. The summed E-state index contributed by atoms with van der Waals surface area (Å²) in [7, 11) is 3.93. The summed E-state index contributed by atoms with van der Waals surface area (Å²) in [5.74, 6) is -2.51. The first kappa shape index (κ1) is 17.5. The minimum atomic E-state index is -1.26. The van der Waals surface area contributed by atoms with Crippen LogP contribution in [0.5, 0.6) is 0 Å². The van der Waals surface area contributed by atoms with Crippen molar-refractivity contribution >= 4 is 28.7 Å². The second kappa shape index (κ2) is 6.87. The van der Waals surface area contributed by atoms with Crippen LogP contribution in [-0.4, -0.2) is 47.2 Å². The molecule has 2 unspecified atom stereocenters. The first-order chi connectivity index (χ1) is 12.4. The number of carbonyl (C=O) groups is 2. The third kappa shape index (κ3) is 3.23. The third-order valence-electron chi connectivity index (χ3n) is 4.11. The molecule has 0 bridgehead atoms. The summed E-state index contributed by atoms with van der Waals surface area (Å²) >= 11 is 0. The zero-order valence-electron chi connectivity index (χ0n) is 14.3. The fraction of sp³-hybridized carbons (Fsp3) is 0.211. The molecule has 1 heterocycles. The van der Waals surface area contributed by atoms with Crippen molar-refractivity contribution < 1.29 is 24.5 Å². The van der Waals surface area contributed by atoms with E-state index in [1.807, 2.05) is 19.0 Å². The van der Waals surface area contributed by atoms with Gasteiger partial charge in [-0.3, -0.25) is 0 Å². The van der Waals surface area contributed by atoms with E-state index in [2.05, 4.69) is 36.4 Å². The van der Waals surface area contributed by atoms with E-state index in [-0.39, 0.29) is 12.1 Å². The van der Waals surface area contributed by atoms with Crippen LogP contribution in [0.25, 0.3) is 10.8 Å². The van der Waals surface area contributed by atoms with Crippen molar-refractivity contribution in [3.05, 3.63) is 59.7 Å². The number of aliphatic imine (C=N–C) groups is 1. The van der Waals surface area contributed by atoms with E-state index in [4.69, 9.17) is 19.9 Å². The Balaban J connectivity index is 0.000000211. The van der Waals surface area contributed by atoms with Gasteiger partial charge in [0, 0.05) is 31.8 Å². The van der Waals surface area contributed by atoms with Gasteiger partial charge >= 0.3 is 11.9 Å². The maximum absolute atomic E-state index is 9.55. The van der Waals surface area contributed by atoms with Gasteiger partial charge in [0.05, 0.1) is 0 Å². The second-order valence-electron chi connectivity index (χ2n) is 6.09. The Morgan fingerprint density at radius 3 is 2.15 bits per heavy atom. The van der Waals surface area contributed by atoms with Crippen LogP contribution in [-0.2, 0) is 14.3 Å². The third-order valence-corrected chi connectivity index (χ3v) is 4.11. The SMILES string of the molecule is CN(C)C1=NC2c3cccc4cccc(c34)C2O1.O=C(O)/C=C\C(=O)O. The van der Waals surface area contributed by atoms with Gasteiger partial charge in [-0.1, -0.05) is 36.4 Å². The van der Waals surface area contributed by atoms with Crippen LogP contribution in [0.15, 0.2) is 53.5 Å². The van der Waals surface area contributed by atoms with Gasteiger partial charge in [-0.15, -0.1) is 0 Å². The Hall–Kier alpha value is -3.35. The molecule has 4 rings (SSSR count). The number of amidine groups is 1. The number of fused-ring (bicyclic) bond motifs is 3. The molecule has 0 radical (unpaired) electrons. The van der Waals surface area contributed by atoms with E-state index in [1.54, 1.807) is 0 Å². The highest BCUT2D eigenvalue weighted by molar-refractivity contribution is 5.93. The van der Waals surface area contributed by atoms with Gasteiger partial charge in [0.15, 0.2) is 6.10 Å². The van der Waals surface area contributed by atoms with E-state index in [0.717, 1.165) is 6.02 Å².